The number of aryl methyl sites for hydroxylation is 1. The van der Waals surface area contributed by atoms with Gasteiger partial charge in [0.1, 0.15) is 5.82 Å². The number of carboxylic acid groups (broad SMARTS) is 1. The van der Waals surface area contributed by atoms with Crippen molar-refractivity contribution in [3.63, 3.8) is 0 Å². The van der Waals surface area contributed by atoms with Gasteiger partial charge in [0.05, 0.1) is 11.9 Å². The van der Waals surface area contributed by atoms with E-state index >= 15 is 0 Å². The lowest BCUT2D eigenvalue weighted by Gasteiger charge is -2.06. The Kier molecular flexibility index (Phi) is 4.07. The van der Waals surface area contributed by atoms with Crippen LogP contribution in [-0.2, 0) is 11.2 Å². The van der Waals surface area contributed by atoms with E-state index in [-0.39, 0.29) is 0 Å². The SMILES string of the molecule is Cc1ncc(C=N[C@H](Cc2ccccc2)C(=O)O)[nH]1. The van der Waals surface area contributed by atoms with Crippen molar-refractivity contribution in [2.45, 2.75) is 19.4 Å². The van der Waals surface area contributed by atoms with Crippen LogP contribution in [0.4, 0.5) is 0 Å². The average Bonchev–Trinajstić information content (AvgIpc) is 2.81. The molecule has 0 bridgehead atoms. The van der Waals surface area contributed by atoms with Crippen molar-refractivity contribution in [1.29, 1.82) is 0 Å². The molecular formula is C14H15N3O2. The van der Waals surface area contributed by atoms with Crippen LogP contribution in [0.3, 0.4) is 0 Å². The highest BCUT2D eigenvalue weighted by Crippen LogP contribution is 2.06. The number of hydrogen-bond donors (Lipinski definition) is 2. The second kappa shape index (κ2) is 5.95. The fraction of sp³-hybridized carbons (Fsp3) is 0.214. The lowest BCUT2D eigenvalue weighted by Crippen LogP contribution is -2.20. The second-order valence-electron chi connectivity index (χ2n) is 4.25. The Morgan fingerprint density at radius 2 is 2.21 bits per heavy atom. The summed E-state index contributed by atoms with van der Waals surface area (Å²) in [4.78, 5) is 22.3. The molecule has 0 aliphatic heterocycles. The van der Waals surface area contributed by atoms with Gasteiger partial charge in [0.15, 0.2) is 6.04 Å². The first kappa shape index (κ1) is 13.0. The molecule has 98 valence electrons. The number of aliphatic carboxylic acids is 1. The average molecular weight is 257 g/mol. The van der Waals surface area contributed by atoms with Gasteiger partial charge < -0.3 is 10.1 Å². The minimum Gasteiger partial charge on any atom is -0.480 e. The van der Waals surface area contributed by atoms with Crippen molar-refractivity contribution >= 4 is 12.2 Å². The molecule has 0 radical (unpaired) electrons. The predicted octanol–water partition coefficient (Wildman–Crippen LogP) is 1.83. The van der Waals surface area contributed by atoms with E-state index in [0.29, 0.717) is 12.1 Å². The number of hydrogen-bond acceptors (Lipinski definition) is 3. The van der Waals surface area contributed by atoms with E-state index in [4.69, 9.17) is 0 Å². The highest BCUT2D eigenvalue weighted by Gasteiger charge is 2.15. The summed E-state index contributed by atoms with van der Waals surface area (Å²) in [6.45, 7) is 1.83. The zero-order chi connectivity index (χ0) is 13.7. The Balaban J connectivity index is 2.08. The maximum absolute atomic E-state index is 11.2. The van der Waals surface area contributed by atoms with Gasteiger partial charge in [-0.25, -0.2) is 9.78 Å². The van der Waals surface area contributed by atoms with Gasteiger partial charge in [-0.1, -0.05) is 30.3 Å². The van der Waals surface area contributed by atoms with Gasteiger partial charge in [0.25, 0.3) is 0 Å². The predicted molar refractivity (Wildman–Crippen MR) is 72.5 cm³/mol. The summed E-state index contributed by atoms with van der Waals surface area (Å²) in [5, 5.41) is 9.18. The molecule has 2 N–H and O–H groups in total. The van der Waals surface area contributed by atoms with Crippen LogP contribution in [0, 0.1) is 6.92 Å². The van der Waals surface area contributed by atoms with E-state index in [1.807, 2.05) is 37.3 Å². The number of carbonyl (C=O) groups is 1. The van der Waals surface area contributed by atoms with E-state index in [9.17, 15) is 9.90 Å². The molecule has 1 atom stereocenters. The molecule has 1 aromatic heterocycles. The Hall–Kier alpha value is -2.43. The number of benzene rings is 1. The van der Waals surface area contributed by atoms with Crippen molar-refractivity contribution in [3.8, 4) is 0 Å². The number of aliphatic imine (C=N–C) groups is 1. The second-order valence-corrected chi connectivity index (χ2v) is 4.25. The maximum atomic E-state index is 11.2. The van der Waals surface area contributed by atoms with Crippen molar-refractivity contribution < 1.29 is 9.90 Å². The molecule has 0 aliphatic carbocycles. The fourth-order valence-corrected chi connectivity index (χ4v) is 1.72. The molecule has 0 aliphatic rings. The van der Waals surface area contributed by atoms with Gasteiger partial charge in [-0.05, 0) is 12.5 Å². The molecule has 5 heteroatoms. The number of rotatable bonds is 5. The number of imidazole rings is 1. The van der Waals surface area contributed by atoms with Crippen molar-refractivity contribution in [1.82, 2.24) is 9.97 Å². The molecule has 1 aromatic carbocycles. The molecule has 0 fully saturated rings. The number of aromatic nitrogens is 2. The molecule has 2 aromatic rings. The summed E-state index contributed by atoms with van der Waals surface area (Å²) in [6, 6.07) is 8.67. The van der Waals surface area contributed by atoms with E-state index in [1.165, 1.54) is 6.21 Å². The first-order valence-corrected chi connectivity index (χ1v) is 5.96. The van der Waals surface area contributed by atoms with Crippen LogP contribution < -0.4 is 0 Å². The van der Waals surface area contributed by atoms with Crippen LogP contribution in [0.2, 0.25) is 0 Å². The third kappa shape index (κ3) is 3.77. The molecule has 1 heterocycles. The van der Waals surface area contributed by atoms with Crippen LogP contribution in [0.25, 0.3) is 0 Å². The van der Waals surface area contributed by atoms with Gasteiger partial charge >= 0.3 is 5.97 Å². The highest BCUT2D eigenvalue weighted by atomic mass is 16.4. The van der Waals surface area contributed by atoms with Gasteiger partial charge in [0.2, 0.25) is 0 Å². The first-order valence-electron chi connectivity index (χ1n) is 5.96. The third-order valence-electron chi connectivity index (χ3n) is 2.67. The quantitative estimate of drug-likeness (QED) is 0.802. The minimum atomic E-state index is -0.934. The van der Waals surface area contributed by atoms with Gasteiger partial charge in [0, 0.05) is 12.6 Å². The summed E-state index contributed by atoms with van der Waals surface area (Å²) < 4.78 is 0. The fourth-order valence-electron chi connectivity index (χ4n) is 1.72. The lowest BCUT2D eigenvalue weighted by molar-refractivity contribution is -0.138. The van der Waals surface area contributed by atoms with Crippen molar-refractivity contribution in [2.75, 3.05) is 0 Å². The Labute approximate surface area is 111 Å². The van der Waals surface area contributed by atoms with Gasteiger partial charge in [-0.15, -0.1) is 0 Å². The van der Waals surface area contributed by atoms with Crippen LogP contribution in [0.1, 0.15) is 17.1 Å². The molecule has 0 amide bonds. The monoisotopic (exact) mass is 257 g/mol. The van der Waals surface area contributed by atoms with Crippen LogP contribution in [0.15, 0.2) is 41.5 Å². The molecule has 0 unspecified atom stereocenters. The number of aromatic amines is 1. The summed E-state index contributed by atoms with van der Waals surface area (Å²) in [5.74, 6) is -0.160. The summed E-state index contributed by atoms with van der Waals surface area (Å²) in [7, 11) is 0. The largest absolute Gasteiger partial charge is 0.480 e. The van der Waals surface area contributed by atoms with Gasteiger partial charge in [-0.3, -0.25) is 4.99 Å². The van der Waals surface area contributed by atoms with Crippen LogP contribution >= 0.6 is 0 Å². The standard InChI is InChI=1S/C14H15N3O2/c1-10-15-8-12(17-10)9-16-13(14(18)19)7-11-5-3-2-4-6-11/h2-6,8-9,13H,7H2,1H3,(H,15,17)(H,18,19)/t13-/m1/s1. The smallest absolute Gasteiger partial charge is 0.328 e. The maximum Gasteiger partial charge on any atom is 0.328 e. The Bertz CT molecular complexity index is 575. The topological polar surface area (TPSA) is 78.3 Å². The summed E-state index contributed by atoms with van der Waals surface area (Å²) >= 11 is 0. The minimum absolute atomic E-state index is 0.375. The first-order chi connectivity index (χ1) is 9.15. The number of nitrogens with one attached hydrogen (secondary N) is 1. The molecular weight excluding hydrogens is 242 g/mol. The number of nitrogens with zero attached hydrogens (tertiary/aromatic N) is 2. The lowest BCUT2D eigenvalue weighted by atomic mass is 10.1. The Morgan fingerprint density at radius 1 is 1.47 bits per heavy atom. The zero-order valence-electron chi connectivity index (χ0n) is 10.6. The summed E-state index contributed by atoms with van der Waals surface area (Å²) in [6.07, 6.45) is 3.52. The highest BCUT2D eigenvalue weighted by molar-refractivity contribution is 5.81. The van der Waals surface area contributed by atoms with Crippen LogP contribution in [0.5, 0.6) is 0 Å². The molecule has 2 rings (SSSR count). The van der Waals surface area contributed by atoms with Crippen molar-refractivity contribution in [3.05, 3.63) is 53.6 Å². The molecule has 0 saturated heterocycles. The van der Waals surface area contributed by atoms with E-state index < -0.39 is 12.0 Å². The Morgan fingerprint density at radius 3 is 2.79 bits per heavy atom. The zero-order valence-corrected chi connectivity index (χ0v) is 10.6. The summed E-state index contributed by atoms with van der Waals surface area (Å²) in [5.41, 5.74) is 1.66. The number of carboxylic acids is 1. The van der Waals surface area contributed by atoms with Crippen molar-refractivity contribution in [2.24, 2.45) is 4.99 Å². The molecule has 19 heavy (non-hydrogen) atoms. The molecule has 0 spiro atoms. The van der Waals surface area contributed by atoms with Crippen LogP contribution in [-0.4, -0.2) is 33.3 Å². The van der Waals surface area contributed by atoms with Gasteiger partial charge in [-0.2, -0.15) is 0 Å². The van der Waals surface area contributed by atoms with E-state index in [1.54, 1.807) is 6.20 Å². The third-order valence-corrected chi connectivity index (χ3v) is 2.67. The molecule has 5 nitrogen and oxygen atoms in total. The van der Waals surface area contributed by atoms with E-state index in [2.05, 4.69) is 15.0 Å². The molecule has 0 saturated carbocycles. The van der Waals surface area contributed by atoms with E-state index in [0.717, 1.165) is 11.4 Å². The normalized spacial score (nSPS) is 12.7. The number of H-pyrrole nitrogens is 1.